The first-order valence-corrected chi connectivity index (χ1v) is 7.11. The van der Waals surface area contributed by atoms with Crippen LogP contribution in [-0.2, 0) is 19.1 Å². The molecule has 0 radical (unpaired) electrons. The molecule has 2 amide bonds. The smallest absolute Gasteiger partial charge is 0.315 e. The number of anilines is 1. The van der Waals surface area contributed by atoms with Crippen LogP contribution in [0.3, 0.4) is 0 Å². The molecule has 2 N–H and O–H groups in total. The molecule has 6 nitrogen and oxygen atoms in total. The first kappa shape index (κ1) is 14.4. The Kier molecular flexibility index (Phi) is 4.62. The number of methoxy groups -OCH3 is 1. The van der Waals surface area contributed by atoms with Gasteiger partial charge in [0.1, 0.15) is 6.04 Å². The Bertz CT molecular complexity index is 547. The number of carbonyl (C=O) groups is 3. The molecular formula is C13H14N2O4S. The van der Waals surface area contributed by atoms with Crippen molar-refractivity contribution in [2.24, 2.45) is 0 Å². The molecule has 106 valence electrons. The van der Waals surface area contributed by atoms with Gasteiger partial charge >= 0.3 is 5.97 Å². The monoisotopic (exact) mass is 294 g/mol. The Morgan fingerprint density at radius 3 is 2.85 bits per heavy atom. The molecule has 0 spiro atoms. The van der Waals surface area contributed by atoms with Crippen LogP contribution < -0.4 is 10.6 Å². The zero-order valence-electron chi connectivity index (χ0n) is 10.8. The summed E-state index contributed by atoms with van der Waals surface area (Å²) in [5.41, 5.74) is 1.47. The van der Waals surface area contributed by atoms with Gasteiger partial charge in [0.25, 0.3) is 5.91 Å². The van der Waals surface area contributed by atoms with Gasteiger partial charge in [-0.15, -0.1) is 11.8 Å². The van der Waals surface area contributed by atoms with Crippen molar-refractivity contribution in [3.05, 3.63) is 29.8 Å². The molecule has 0 saturated carbocycles. The van der Waals surface area contributed by atoms with Gasteiger partial charge in [-0.1, -0.05) is 18.2 Å². The van der Waals surface area contributed by atoms with E-state index in [1.807, 2.05) is 12.1 Å². The maximum absolute atomic E-state index is 11.8. The number of benzene rings is 1. The number of thioether (sulfide) groups is 1. The molecule has 1 unspecified atom stereocenters. The van der Waals surface area contributed by atoms with Gasteiger partial charge in [0.2, 0.25) is 5.91 Å². The highest BCUT2D eigenvalue weighted by atomic mass is 32.2. The molecule has 0 aliphatic carbocycles. The molecule has 0 saturated heterocycles. The second-order valence-corrected chi connectivity index (χ2v) is 5.13. The number of hydrogen-bond donors (Lipinski definition) is 2. The average Bonchev–Trinajstić information content (AvgIpc) is 2.75. The van der Waals surface area contributed by atoms with Gasteiger partial charge < -0.3 is 15.4 Å². The minimum absolute atomic E-state index is 0.0983. The first-order chi connectivity index (χ1) is 9.61. The standard InChI is InChI=1S/C13H14N2O4S/c1-19-11(17)7-20-6-10(16)15-12-8-4-2-3-5-9(8)14-13(12)18/h2-5,12H,6-7H2,1H3,(H,14,18)(H,15,16). The van der Waals surface area contributed by atoms with Crippen molar-refractivity contribution < 1.29 is 19.1 Å². The molecule has 1 aliphatic heterocycles. The van der Waals surface area contributed by atoms with Crippen LogP contribution in [0.1, 0.15) is 11.6 Å². The summed E-state index contributed by atoms with van der Waals surface area (Å²) in [5, 5.41) is 5.35. The van der Waals surface area contributed by atoms with Gasteiger partial charge in [0, 0.05) is 11.3 Å². The van der Waals surface area contributed by atoms with Crippen LogP contribution in [0.25, 0.3) is 0 Å². The van der Waals surface area contributed by atoms with Crippen molar-refractivity contribution >= 4 is 35.2 Å². The third kappa shape index (κ3) is 3.30. The van der Waals surface area contributed by atoms with Gasteiger partial charge in [-0.05, 0) is 6.07 Å². The highest BCUT2D eigenvalue weighted by Crippen LogP contribution is 2.30. The fourth-order valence-electron chi connectivity index (χ4n) is 1.84. The van der Waals surface area contributed by atoms with Crippen molar-refractivity contribution in [3.63, 3.8) is 0 Å². The third-order valence-corrected chi connectivity index (χ3v) is 3.68. The first-order valence-electron chi connectivity index (χ1n) is 5.95. The highest BCUT2D eigenvalue weighted by molar-refractivity contribution is 8.00. The zero-order chi connectivity index (χ0) is 14.5. The average molecular weight is 294 g/mol. The Morgan fingerprint density at radius 2 is 2.10 bits per heavy atom. The molecule has 2 rings (SSSR count). The van der Waals surface area contributed by atoms with Crippen molar-refractivity contribution in [2.75, 3.05) is 23.9 Å². The van der Waals surface area contributed by atoms with E-state index >= 15 is 0 Å². The van der Waals surface area contributed by atoms with Gasteiger partial charge in [0.15, 0.2) is 0 Å². The second kappa shape index (κ2) is 6.42. The number of nitrogens with one attached hydrogen (secondary N) is 2. The SMILES string of the molecule is COC(=O)CSCC(=O)NC1C(=O)Nc2ccccc21. The fraction of sp³-hybridized carbons (Fsp3) is 0.308. The van der Waals surface area contributed by atoms with E-state index in [4.69, 9.17) is 0 Å². The quantitative estimate of drug-likeness (QED) is 0.781. The van der Waals surface area contributed by atoms with E-state index in [1.54, 1.807) is 12.1 Å². The van der Waals surface area contributed by atoms with Gasteiger partial charge in [-0.2, -0.15) is 0 Å². The molecule has 1 aliphatic rings. The number of fused-ring (bicyclic) bond motifs is 1. The van der Waals surface area contributed by atoms with Crippen LogP contribution >= 0.6 is 11.8 Å². The van der Waals surface area contributed by atoms with Crippen molar-refractivity contribution in [2.45, 2.75) is 6.04 Å². The summed E-state index contributed by atoms with van der Waals surface area (Å²) in [6.07, 6.45) is 0. The molecule has 20 heavy (non-hydrogen) atoms. The largest absolute Gasteiger partial charge is 0.468 e. The fourth-order valence-corrected chi connectivity index (χ4v) is 2.50. The van der Waals surface area contributed by atoms with E-state index in [-0.39, 0.29) is 29.3 Å². The topological polar surface area (TPSA) is 84.5 Å². The summed E-state index contributed by atoms with van der Waals surface area (Å²) in [6, 6.07) is 6.53. The molecule has 1 aromatic rings. The third-order valence-electron chi connectivity index (χ3n) is 2.78. The number of ether oxygens (including phenoxy) is 1. The Morgan fingerprint density at radius 1 is 1.35 bits per heavy atom. The van der Waals surface area contributed by atoms with E-state index in [0.29, 0.717) is 5.69 Å². The van der Waals surface area contributed by atoms with E-state index in [1.165, 1.54) is 7.11 Å². The maximum Gasteiger partial charge on any atom is 0.315 e. The Balaban J connectivity index is 1.89. The van der Waals surface area contributed by atoms with Crippen LogP contribution in [-0.4, -0.2) is 36.4 Å². The summed E-state index contributed by atoms with van der Waals surface area (Å²) < 4.78 is 4.47. The minimum atomic E-state index is -0.669. The lowest BCUT2D eigenvalue weighted by Gasteiger charge is -2.11. The lowest BCUT2D eigenvalue weighted by atomic mass is 10.1. The van der Waals surface area contributed by atoms with E-state index in [9.17, 15) is 14.4 Å². The second-order valence-electron chi connectivity index (χ2n) is 4.15. The summed E-state index contributed by atoms with van der Waals surface area (Å²) in [6.45, 7) is 0. The van der Waals surface area contributed by atoms with Crippen LogP contribution in [0.5, 0.6) is 0 Å². The van der Waals surface area contributed by atoms with Crippen molar-refractivity contribution in [3.8, 4) is 0 Å². The number of carbonyl (C=O) groups excluding carboxylic acids is 3. The lowest BCUT2D eigenvalue weighted by Crippen LogP contribution is -2.34. The summed E-state index contributed by atoms with van der Waals surface area (Å²) >= 11 is 1.14. The predicted molar refractivity (Wildman–Crippen MR) is 75.3 cm³/mol. The van der Waals surface area contributed by atoms with Crippen LogP contribution in [0.15, 0.2) is 24.3 Å². The molecule has 1 heterocycles. The van der Waals surface area contributed by atoms with E-state index < -0.39 is 6.04 Å². The minimum Gasteiger partial charge on any atom is -0.468 e. The molecule has 0 fully saturated rings. The number of para-hydroxylation sites is 1. The van der Waals surface area contributed by atoms with Crippen LogP contribution in [0.4, 0.5) is 5.69 Å². The predicted octanol–water partition coefficient (Wildman–Crippen LogP) is 0.702. The molecular weight excluding hydrogens is 280 g/mol. The molecule has 7 heteroatoms. The number of rotatable bonds is 5. The molecule has 0 aromatic heterocycles. The van der Waals surface area contributed by atoms with Gasteiger partial charge in [-0.25, -0.2) is 0 Å². The molecule has 1 aromatic carbocycles. The number of amides is 2. The summed E-state index contributed by atoms with van der Waals surface area (Å²) in [5.74, 6) is -0.724. The summed E-state index contributed by atoms with van der Waals surface area (Å²) in [7, 11) is 1.29. The highest BCUT2D eigenvalue weighted by Gasteiger charge is 2.31. The van der Waals surface area contributed by atoms with Crippen LogP contribution in [0, 0.1) is 0 Å². The Hall–Kier alpha value is -2.02. The zero-order valence-corrected chi connectivity index (χ0v) is 11.7. The number of esters is 1. The normalized spacial score (nSPS) is 16.2. The summed E-state index contributed by atoms with van der Waals surface area (Å²) in [4.78, 5) is 34.5. The van der Waals surface area contributed by atoms with Gasteiger partial charge in [-0.3, -0.25) is 14.4 Å². The lowest BCUT2D eigenvalue weighted by molar-refractivity contribution is -0.137. The van der Waals surface area contributed by atoms with Crippen molar-refractivity contribution in [1.29, 1.82) is 0 Å². The molecule has 0 bridgehead atoms. The van der Waals surface area contributed by atoms with Crippen LogP contribution in [0.2, 0.25) is 0 Å². The van der Waals surface area contributed by atoms with Crippen molar-refractivity contribution in [1.82, 2.24) is 5.32 Å². The van der Waals surface area contributed by atoms with E-state index in [2.05, 4.69) is 15.4 Å². The number of hydrogen-bond acceptors (Lipinski definition) is 5. The molecule has 1 atom stereocenters. The Labute approximate surface area is 120 Å². The van der Waals surface area contributed by atoms with Gasteiger partial charge in [0.05, 0.1) is 18.6 Å². The van der Waals surface area contributed by atoms with E-state index in [0.717, 1.165) is 17.3 Å². The maximum atomic E-state index is 11.8.